The van der Waals surface area contributed by atoms with Gasteiger partial charge in [-0.2, -0.15) is 0 Å². The molecule has 1 aliphatic heterocycles. The van der Waals surface area contributed by atoms with E-state index in [1.165, 1.54) is 6.07 Å². The zero-order valence-corrected chi connectivity index (χ0v) is 21.0. The lowest BCUT2D eigenvalue weighted by atomic mass is 9.78. The Morgan fingerprint density at radius 2 is 1.77 bits per heavy atom. The molecule has 7 heteroatoms. The van der Waals surface area contributed by atoms with Crippen LogP contribution in [0.25, 0.3) is 0 Å². The topological polar surface area (TPSA) is 66.0 Å². The van der Waals surface area contributed by atoms with Crippen molar-refractivity contribution >= 4 is 5.91 Å². The summed E-state index contributed by atoms with van der Waals surface area (Å²) in [5.74, 6) is -1.13. The van der Waals surface area contributed by atoms with Gasteiger partial charge < -0.3 is 24.3 Å². The Labute approximate surface area is 207 Å². The van der Waals surface area contributed by atoms with Crippen molar-refractivity contribution in [3.63, 3.8) is 0 Å². The highest BCUT2D eigenvalue weighted by molar-refractivity contribution is 5.85. The zero-order chi connectivity index (χ0) is 25.1. The Hall–Kier alpha value is -2.32. The maximum Gasteiger partial charge on any atom is 0.252 e. The minimum absolute atomic E-state index is 0.0329. The summed E-state index contributed by atoms with van der Waals surface area (Å²) in [7, 11) is 0. The molecule has 6 nitrogen and oxygen atoms in total. The fraction of sp³-hybridized carbons (Fsp3) is 0.536. The molecule has 1 saturated carbocycles. The summed E-state index contributed by atoms with van der Waals surface area (Å²) in [4.78, 5) is 13.6. The van der Waals surface area contributed by atoms with Crippen molar-refractivity contribution in [2.24, 2.45) is 5.92 Å². The van der Waals surface area contributed by atoms with Gasteiger partial charge in [0.15, 0.2) is 11.4 Å². The molecule has 0 spiro atoms. The monoisotopic (exact) mass is 485 g/mol. The highest BCUT2D eigenvalue weighted by atomic mass is 19.1. The van der Waals surface area contributed by atoms with Crippen molar-refractivity contribution < 1.29 is 28.1 Å². The van der Waals surface area contributed by atoms with E-state index in [1.807, 2.05) is 58.0 Å². The molecule has 2 fully saturated rings. The molecule has 1 heterocycles. The first-order valence-corrected chi connectivity index (χ1v) is 12.3. The van der Waals surface area contributed by atoms with E-state index in [-0.39, 0.29) is 36.8 Å². The van der Waals surface area contributed by atoms with Crippen LogP contribution in [0, 0.1) is 11.7 Å². The molecular formula is C28H36FNO5. The number of nitrogens with one attached hydrogen (secondary N) is 1. The third-order valence-electron chi connectivity index (χ3n) is 6.50. The standard InChI is InChI=1S/C28H36FNO5/c1-19(2)16-30-26(31)28(33-18-21-12-8-9-13-22(21)29)14-23(32-17-20-10-6-5-7-11-20)25-24(15-28)34-27(3,4)35-25/h5-13,19,23-25H,14-18H2,1-4H3,(H,30,31)/t23-,24-,25+,28-/m1/s1. The van der Waals surface area contributed by atoms with Crippen molar-refractivity contribution in [2.45, 2.75) is 83.5 Å². The van der Waals surface area contributed by atoms with E-state index < -0.39 is 23.6 Å². The Morgan fingerprint density at radius 1 is 1.06 bits per heavy atom. The van der Waals surface area contributed by atoms with Gasteiger partial charge in [-0.15, -0.1) is 0 Å². The van der Waals surface area contributed by atoms with E-state index in [2.05, 4.69) is 5.32 Å². The van der Waals surface area contributed by atoms with Gasteiger partial charge in [-0.3, -0.25) is 4.79 Å². The quantitative estimate of drug-likeness (QED) is 0.555. The molecule has 190 valence electrons. The SMILES string of the molecule is CC(C)CNC(=O)[C@@]1(OCc2ccccc2F)C[C@@H](OCc2ccccc2)[C@@H]2OC(C)(C)O[C@@H]2C1. The van der Waals surface area contributed by atoms with Gasteiger partial charge in [-0.1, -0.05) is 62.4 Å². The number of ether oxygens (including phenoxy) is 4. The summed E-state index contributed by atoms with van der Waals surface area (Å²) in [6.45, 7) is 8.64. The first-order valence-electron chi connectivity index (χ1n) is 12.3. The molecule has 4 rings (SSSR count). The van der Waals surface area contributed by atoms with E-state index in [1.54, 1.807) is 18.2 Å². The summed E-state index contributed by atoms with van der Waals surface area (Å²) in [6, 6.07) is 16.3. The van der Waals surface area contributed by atoms with Crippen molar-refractivity contribution in [3.8, 4) is 0 Å². The summed E-state index contributed by atoms with van der Waals surface area (Å²) in [6.07, 6.45) is -0.605. The number of halogens is 1. The van der Waals surface area contributed by atoms with E-state index >= 15 is 0 Å². The largest absolute Gasteiger partial charge is 0.371 e. The van der Waals surface area contributed by atoms with Crippen LogP contribution in [-0.4, -0.2) is 42.2 Å². The summed E-state index contributed by atoms with van der Waals surface area (Å²) in [5, 5.41) is 3.03. The van der Waals surface area contributed by atoms with E-state index in [0.29, 0.717) is 25.1 Å². The van der Waals surface area contributed by atoms with Gasteiger partial charge in [0.05, 0.1) is 25.4 Å². The van der Waals surface area contributed by atoms with Crippen molar-refractivity contribution in [2.75, 3.05) is 6.54 Å². The number of benzene rings is 2. The highest BCUT2D eigenvalue weighted by Crippen LogP contribution is 2.44. The molecule has 1 aliphatic carbocycles. The van der Waals surface area contributed by atoms with Gasteiger partial charge in [0.2, 0.25) is 0 Å². The Kier molecular flexibility index (Phi) is 7.91. The van der Waals surface area contributed by atoms with Gasteiger partial charge in [-0.25, -0.2) is 4.39 Å². The number of rotatable bonds is 9. The van der Waals surface area contributed by atoms with Gasteiger partial charge >= 0.3 is 0 Å². The predicted molar refractivity (Wildman–Crippen MR) is 130 cm³/mol. The van der Waals surface area contributed by atoms with Crippen LogP contribution >= 0.6 is 0 Å². The average Bonchev–Trinajstić information content (AvgIpc) is 3.14. The molecule has 0 radical (unpaired) electrons. The van der Waals surface area contributed by atoms with Gasteiger partial charge in [0.1, 0.15) is 11.9 Å². The maximum absolute atomic E-state index is 14.4. The van der Waals surface area contributed by atoms with Crippen LogP contribution in [0.2, 0.25) is 0 Å². The predicted octanol–water partition coefficient (Wildman–Crippen LogP) is 4.75. The Bertz CT molecular complexity index is 998. The Balaban J connectivity index is 1.61. The number of hydrogen-bond acceptors (Lipinski definition) is 5. The third kappa shape index (κ3) is 6.28. The number of carbonyl (C=O) groups excluding carboxylic acids is 1. The fourth-order valence-electron chi connectivity index (χ4n) is 4.77. The molecule has 1 saturated heterocycles. The molecule has 0 bridgehead atoms. The van der Waals surface area contributed by atoms with Crippen LogP contribution < -0.4 is 5.32 Å². The summed E-state index contributed by atoms with van der Waals surface area (Å²) in [5.41, 5.74) is 0.176. The van der Waals surface area contributed by atoms with E-state index in [0.717, 1.165) is 5.56 Å². The minimum atomic E-state index is -1.25. The number of amides is 1. The van der Waals surface area contributed by atoms with Gasteiger partial charge in [-0.05, 0) is 31.4 Å². The van der Waals surface area contributed by atoms with Gasteiger partial charge in [0, 0.05) is 24.9 Å². The zero-order valence-electron chi connectivity index (χ0n) is 21.0. The van der Waals surface area contributed by atoms with Crippen LogP contribution in [0.4, 0.5) is 4.39 Å². The number of carbonyl (C=O) groups is 1. The first kappa shape index (κ1) is 25.8. The van der Waals surface area contributed by atoms with E-state index in [4.69, 9.17) is 18.9 Å². The van der Waals surface area contributed by atoms with Crippen molar-refractivity contribution in [1.29, 1.82) is 0 Å². The lowest BCUT2D eigenvalue weighted by molar-refractivity contribution is -0.183. The van der Waals surface area contributed by atoms with E-state index in [9.17, 15) is 9.18 Å². The lowest BCUT2D eigenvalue weighted by Crippen LogP contribution is -2.60. The average molecular weight is 486 g/mol. The molecule has 2 aliphatic rings. The van der Waals surface area contributed by atoms with Crippen molar-refractivity contribution in [1.82, 2.24) is 5.32 Å². The molecule has 2 aromatic carbocycles. The van der Waals surface area contributed by atoms with Crippen LogP contribution in [0.15, 0.2) is 54.6 Å². The highest BCUT2D eigenvalue weighted by Gasteiger charge is 2.58. The minimum Gasteiger partial charge on any atom is -0.371 e. The molecule has 2 aromatic rings. The second-order valence-electron chi connectivity index (χ2n) is 10.4. The summed E-state index contributed by atoms with van der Waals surface area (Å²) < 4.78 is 39.5. The van der Waals surface area contributed by atoms with Crippen LogP contribution in [0.5, 0.6) is 0 Å². The van der Waals surface area contributed by atoms with Crippen LogP contribution in [0.1, 0.15) is 51.7 Å². The number of fused-ring (bicyclic) bond motifs is 1. The normalized spacial score (nSPS) is 27.5. The molecular weight excluding hydrogens is 449 g/mol. The van der Waals surface area contributed by atoms with Crippen molar-refractivity contribution in [3.05, 3.63) is 71.5 Å². The smallest absolute Gasteiger partial charge is 0.252 e. The first-order chi connectivity index (χ1) is 16.7. The van der Waals surface area contributed by atoms with Crippen LogP contribution in [-0.2, 0) is 37.0 Å². The van der Waals surface area contributed by atoms with Gasteiger partial charge in [0.25, 0.3) is 5.91 Å². The molecule has 0 unspecified atom stereocenters. The summed E-state index contributed by atoms with van der Waals surface area (Å²) >= 11 is 0. The Morgan fingerprint density at radius 3 is 2.49 bits per heavy atom. The maximum atomic E-state index is 14.4. The molecule has 1 N–H and O–H groups in total. The molecule has 35 heavy (non-hydrogen) atoms. The molecule has 1 amide bonds. The second-order valence-corrected chi connectivity index (χ2v) is 10.4. The second kappa shape index (κ2) is 10.7. The molecule has 0 aromatic heterocycles. The number of hydrogen-bond donors (Lipinski definition) is 1. The van der Waals surface area contributed by atoms with Crippen LogP contribution in [0.3, 0.4) is 0 Å². The lowest BCUT2D eigenvalue weighted by Gasteiger charge is -2.43. The third-order valence-corrected chi connectivity index (χ3v) is 6.50. The molecule has 4 atom stereocenters. The fourth-order valence-corrected chi connectivity index (χ4v) is 4.77.